The lowest BCUT2D eigenvalue weighted by Crippen LogP contribution is -1.96. The van der Waals surface area contributed by atoms with Gasteiger partial charge in [0.2, 0.25) is 0 Å². The van der Waals surface area contributed by atoms with Gasteiger partial charge in [-0.2, -0.15) is 0 Å². The van der Waals surface area contributed by atoms with Crippen molar-refractivity contribution in [1.29, 1.82) is 0 Å². The van der Waals surface area contributed by atoms with Crippen molar-refractivity contribution in [3.63, 3.8) is 0 Å². The van der Waals surface area contributed by atoms with Crippen molar-refractivity contribution in [3.05, 3.63) is 59.6 Å². The minimum atomic E-state index is -0.244. The number of aliphatic imine (C=N–C) groups is 2. The molecule has 0 N–H and O–H groups in total. The zero-order valence-electron chi connectivity index (χ0n) is 8.52. The highest BCUT2D eigenvalue weighted by atomic mass is 19.1. The number of rotatable bonds is 1. The highest BCUT2D eigenvalue weighted by Gasteiger charge is 2.16. The van der Waals surface area contributed by atoms with Crippen LogP contribution in [-0.4, -0.2) is 11.5 Å². The molecule has 0 bridgehead atoms. The summed E-state index contributed by atoms with van der Waals surface area (Å²) in [6.07, 6.45) is 6.95. The molecule has 3 rings (SSSR count). The molecule has 1 aromatic carbocycles. The fourth-order valence-corrected chi connectivity index (χ4v) is 1.73. The summed E-state index contributed by atoms with van der Waals surface area (Å²) in [5.74, 6) is 0.416. The molecular weight excluding hydrogens is 203 g/mol. The summed E-state index contributed by atoms with van der Waals surface area (Å²) in [7, 11) is 0. The Morgan fingerprint density at radius 3 is 2.62 bits per heavy atom. The van der Waals surface area contributed by atoms with E-state index in [0.29, 0.717) is 5.84 Å². The average molecular weight is 212 g/mol. The molecule has 0 saturated heterocycles. The standard InChI is InChI=1S/C13H9FN2/c14-10-7-5-9(6-8-10)13-15-11-3-1-2-4-12(11)16-13/h1,3-8H,2H2. The van der Waals surface area contributed by atoms with Gasteiger partial charge in [-0.25, -0.2) is 14.4 Å². The van der Waals surface area contributed by atoms with Crippen molar-refractivity contribution in [3.8, 4) is 0 Å². The van der Waals surface area contributed by atoms with Crippen LogP contribution in [0.1, 0.15) is 12.0 Å². The van der Waals surface area contributed by atoms with E-state index < -0.39 is 0 Å². The van der Waals surface area contributed by atoms with E-state index in [1.54, 1.807) is 12.1 Å². The number of allylic oxidation sites excluding steroid dienone is 3. The summed E-state index contributed by atoms with van der Waals surface area (Å²) in [5, 5.41) is 0. The molecular formula is C13H9FN2. The molecule has 0 aromatic heterocycles. The first-order valence-electron chi connectivity index (χ1n) is 5.13. The third-order valence-corrected chi connectivity index (χ3v) is 2.54. The third kappa shape index (κ3) is 1.50. The molecule has 0 atom stereocenters. The number of nitrogens with zero attached hydrogens (tertiary/aromatic N) is 2. The SMILES string of the molecule is Fc1ccc(C2=NC3=CCC=CC3=N2)cc1. The third-order valence-electron chi connectivity index (χ3n) is 2.54. The number of amidine groups is 1. The molecule has 0 spiro atoms. The molecule has 0 saturated carbocycles. The quantitative estimate of drug-likeness (QED) is 0.683. The van der Waals surface area contributed by atoms with Crippen LogP contribution < -0.4 is 0 Å². The van der Waals surface area contributed by atoms with Crippen molar-refractivity contribution in [2.24, 2.45) is 9.98 Å². The molecule has 0 fully saturated rings. The van der Waals surface area contributed by atoms with Crippen LogP contribution in [0.2, 0.25) is 0 Å². The number of halogens is 1. The van der Waals surface area contributed by atoms with E-state index in [2.05, 4.69) is 9.98 Å². The lowest BCUT2D eigenvalue weighted by molar-refractivity contribution is 0.628. The number of fused-ring (bicyclic) bond motifs is 1. The van der Waals surface area contributed by atoms with Crippen LogP contribution in [0.5, 0.6) is 0 Å². The van der Waals surface area contributed by atoms with E-state index in [1.807, 2.05) is 18.2 Å². The molecule has 0 radical (unpaired) electrons. The second-order valence-electron chi connectivity index (χ2n) is 3.67. The predicted octanol–water partition coefficient (Wildman–Crippen LogP) is 2.87. The van der Waals surface area contributed by atoms with Gasteiger partial charge < -0.3 is 0 Å². The Balaban J connectivity index is 2.01. The molecule has 16 heavy (non-hydrogen) atoms. The molecule has 1 heterocycles. The highest BCUT2D eigenvalue weighted by molar-refractivity contribution is 6.22. The lowest BCUT2D eigenvalue weighted by Gasteiger charge is -1.98. The zero-order valence-corrected chi connectivity index (χ0v) is 8.52. The molecule has 1 aliphatic heterocycles. The van der Waals surface area contributed by atoms with Crippen molar-refractivity contribution < 1.29 is 4.39 Å². The average Bonchev–Trinajstić information content (AvgIpc) is 2.73. The maximum Gasteiger partial charge on any atom is 0.160 e. The van der Waals surface area contributed by atoms with E-state index in [1.165, 1.54) is 12.1 Å². The molecule has 3 heteroatoms. The van der Waals surface area contributed by atoms with Gasteiger partial charge in [0.05, 0.1) is 11.4 Å². The Morgan fingerprint density at radius 1 is 1.06 bits per heavy atom. The van der Waals surface area contributed by atoms with Crippen LogP contribution in [0, 0.1) is 5.82 Å². The molecule has 78 valence electrons. The van der Waals surface area contributed by atoms with Crippen molar-refractivity contribution in [2.45, 2.75) is 6.42 Å². The summed E-state index contributed by atoms with van der Waals surface area (Å²) in [4.78, 5) is 8.81. The van der Waals surface area contributed by atoms with E-state index in [9.17, 15) is 4.39 Å². The Morgan fingerprint density at radius 2 is 1.88 bits per heavy atom. The maximum atomic E-state index is 12.8. The van der Waals surface area contributed by atoms with Crippen LogP contribution in [0.4, 0.5) is 4.39 Å². The van der Waals surface area contributed by atoms with Gasteiger partial charge in [-0.05, 0) is 36.8 Å². The molecule has 1 aliphatic carbocycles. The van der Waals surface area contributed by atoms with Crippen molar-refractivity contribution >= 4 is 11.5 Å². The Hall–Kier alpha value is -2.03. The summed E-state index contributed by atoms with van der Waals surface area (Å²) in [5.41, 5.74) is 2.66. The van der Waals surface area contributed by atoms with E-state index in [-0.39, 0.29) is 5.82 Å². The molecule has 1 aromatic rings. The van der Waals surface area contributed by atoms with Gasteiger partial charge in [-0.3, -0.25) is 0 Å². The minimum Gasteiger partial charge on any atom is -0.227 e. The van der Waals surface area contributed by atoms with Gasteiger partial charge in [-0.15, -0.1) is 0 Å². The molecule has 0 unspecified atom stereocenters. The first kappa shape index (κ1) is 9.21. The van der Waals surface area contributed by atoms with Crippen molar-refractivity contribution in [1.82, 2.24) is 0 Å². The molecule has 2 nitrogen and oxygen atoms in total. The maximum absolute atomic E-state index is 12.8. The van der Waals surface area contributed by atoms with E-state index in [0.717, 1.165) is 23.4 Å². The predicted molar refractivity (Wildman–Crippen MR) is 62.2 cm³/mol. The van der Waals surface area contributed by atoms with E-state index in [4.69, 9.17) is 0 Å². The van der Waals surface area contributed by atoms with Crippen LogP contribution in [0.15, 0.2) is 58.2 Å². The molecule has 2 aliphatic rings. The first-order valence-corrected chi connectivity index (χ1v) is 5.13. The summed E-state index contributed by atoms with van der Waals surface area (Å²) < 4.78 is 12.8. The lowest BCUT2D eigenvalue weighted by atomic mass is 10.1. The minimum absolute atomic E-state index is 0.244. The smallest absolute Gasteiger partial charge is 0.160 e. The van der Waals surface area contributed by atoms with Gasteiger partial charge in [0.1, 0.15) is 5.82 Å². The normalized spacial score (nSPS) is 17.7. The summed E-state index contributed by atoms with van der Waals surface area (Å²) in [6, 6.07) is 6.23. The second kappa shape index (κ2) is 3.52. The Kier molecular flexibility index (Phi) is 2.03. The fourth-order valence-electron chi connectivity index (χ4n) is 1.73. The van der Waals surface area contributed by atoms with Crippen LogP contribution in [0.25, 0.3) is 0 Å². The monoisotopic (exact) mass is 212 g/mol. The van der Waals surface area contributed by atoms with Crippen molar-refractivity contribution in [2.75, 3.05) is 0 Å². The van der Waals surface area contributed by atoms with Gasteiger partial charge in [0, 0.05) is 5.56 Å². The number of hydrogen-bond acceptors (Lipinski definition) is 2. The van der Waals surface area contributed by atoms with Gasteiger partial charge in [0.15, 0.2) is 5.84 Å². The van der Waals surface area contributed by atoms with Crippen LogP contribution in [0.3, 0.4) is 0 Å². The van der Waals surface area contributed by atoms with Crippen LogP contribution >= 0.6 is 0 Å². The number of hydrogen-bond donors (Lipinski definition) is 0. The van der Waals surface area contributed by atoms with Gasteiger partial charge >= 0.3 is 0 Å². The van der Waals surface area contributed by atoms with Crippen LogP contribution in [-0.2, 0) is 0 Å². The number of benzene rings is 1. The summed E-state index contributed by atoms with van der Waals surface area (Å²) >= 11 is 0. The second-order valence-corrected chi connectivity index (χ2v) is 3.67. The highest BCUT2D eigenvalue weighted by Crippen LogP contribution is 2.19. The first-order chi connectivity index (χ1) is 7.83. The zero-order chi connectivity index (χ0) is 11.0. The largest absolute Gasteiger partial charge is 0.227 e. The Labute approximate surface area is 92.6 Å². The topological polar surface area (TPSA) is 24.7 Å². The molecule has 0 amide bonds. The van der Waals surface area contributed by atoms with E-state index >= 15 is 0 Å². The van der Waals surface area contributed by atoms with Gasteiger partial charge in [-0.1, -0.05) is 12.2 Å². The Bertz CT molecular complexity index is 548. The summed E-state index contributed by atoms with van der Waals surface area (Å²) in [6.45, 7) is 0. The van der Waals surface area contributed by atoms with Gasteiger partial charge in [0.25, 0.3) is 0 Å². The fraction of sp³-hybridized carbons (Fsp3) is 0.0769.